The Morgan fingerprint density at radius 1 is 1.32 bits per heavy atom. The number of carbonyl (C=O) groups is 1. The second kappa shape index (κ2) is 5.01. The normalized spacial score (nSPS) is 10.3. The van der Waals surface area contributed by atoms with E-state index in [1.165, 1.54) is 0 Å². The zero-order chi connectivity index (χ0) is 14.0. The zero-order valence-electron chi connectivity index (χ0n) is 11.0. The number of hydrogen-bond donors (Lipinski definition) is 2. The molecule has 0 atom stereocenters. The summed E-state index contributed by atoms with van der Waals surface area (Å²) in [5.41, 5.74) is 7.50. The SMILES string of the molecule is COc1ccc(-c2cnc(C(N)=O)[nH]2)c(OC)c1C. The van der Waals surface area contributed by atoms with Crippen LogP contribution in [0, 0.1) is 6.92 Å². The largest absolute Gasteiger partial charge is 0.496 e. The van der Waals surface area contributed by atoms with Crippen LogP contribution in [0.25, 0.3) is 11.3 Å². The van der Waals surface area contributed by atoms with E-state index in [2.05, 4.69) is 9.97 Å². The van der Waals surface area contributed by atoms with Crippen LogP contribution in [0.15, 0.2) is 18.3 Å². The molecule has 0 fully saturated rings. The Hall–Kier alpha value is -2.50. The standard InChI is InChI=1S/C13H15N3O3/c1-7-10(18-2)5-4-8(11(7)19-3)9-6-15-13(16-9)12(14)17/h4-6H,1-3H3,(H2,14,17)(H,15,16). The molecule has 6 heteroatoms. The lowest BCUT2D eigenvalue weighted by atomic mass is 10.1. The number of H-pyrrole nitrogens is 1. The van der Waals surface area contributed by atoms with Gasteiger partial charge in [0.15, 0.2) is 5.82 Å². The van der Waals surface area contributed by atoms with E-state index in [1.54, 1.807) is 20.4 Å². The number of nitrogens with two attached hydrogens (primary N) is 1. The molecule has 3 N–H and O–H groups in total. The monoisotopic (exact) mass is 261 g/mol. The van der Waals surface area contributed by atoms with E-state index < -0.39 is 5.91 Å². The molecule has 0 bridgehead atoms. The van der Waals surface area contributed by atoms with E-state index in [9.17, 15) is 4.79 Å². The molecule has 0 spiro atoms. The van der Waals surface area contributed by atoms with E-state index in [1.807, 2.05) is 19.1 Å². The number of primary amides is 1. The minimum absolute atomic E-state index is 0.116. The minimum Gasteiger partial charge on any atom is -0.496 e. The highest BCUT2D eigenvalue weighted by Gasteiger charge is 2.15. The average Bonchev–Trinajstić information content (AvgIpc) is 2.87. The summed E-state index contributed by atoms with van der Waals surface area (Å²) in [5, 5.41) is 0. The summed E-state index contributed by atoms with van der Waals surface area (Å²) in [6.07, 6.45) is 1.55. The van der Waals surface area contributed by atoms with Crippen molar-refractivity contribution in [3.63, 3.8) is 0 Å². The number of benzene rings is 1. The Balaban J connectivity index is 2.55. The predicted octanol–water partition coefficient (Wildman–Crippen LogP) is 1.50. The minimum atomic E-state index is -0.601. The van der Waals surface area contributed by atoms with E-state index in [0.29, 0.717) is 11.4 Å². The summed E-state index contributed by atoms with van der Waals surface area (Å²) < 4.78 is 10.6. The maximum absolute atomic E-state index is 11.0. The van der Waals surface area contributed by atoms with Crippen LogP contribution in [0.5, 0.6) is 11.5 Å². The lowest BCUT2D eigenvalue weighted by Gasteiger charge is -2.13. The third-order valence-corrected chi connectivity index (χ3v) is 2.88. The first-order valence-corrected chi connectivity index (χ1v) is 5.65. The van der Waals surface area contributed by atoms with Crippen LogP contribution in [-0.4, -0.2) is 30.1 Å². The summed E-state index contributed by atoms with van der Waals surface area (Å²) in [6.45, 7) is 1.90. The van der Waals surface area contributed by atoms with Crippen LogP contribution in [0.1, 0.15) is 16.2 Å². The molecule has 0 saturated heterocycles. The molecular formula is C13H15N3O3. The summed E-state index contributed by atoms with van der Waals surface area (Å²) in [6, 6.07) is 3.67. The molecule has 2 aromatic rings. The number of hydrogen-bond acceptors (Lipinski definition) is 4. The van der Waals surface area contributed by atoms with Gasteiger partial charge in [-0.05, 0) is 19.1 Å². The van der Waals surface area contributed by atoms with Gasteiger partial charge in [0.2, 0.25) is 0 Å². The Bertz CT molecular complexity index is 620. The maximum Gasteiger partial charge on any atom is 0.284 e. The molecule has 6 nitrogen and oxygen atoms in total. The van der Waals surface area contributed by atoms with Crippen LogP contribution < -0.4 is 15.2 Å². The maximum atomic E-state index is 11.0. The molecule has 0 aliphatic heterocycles. The van der Waals surface area contributed by atoms with Crippen molar-refractivity contribution in [1.82, 2.24) is 9.97 Å². The smallest absolute Gasteiger partial charge is 0.284 e. The van der Waals surface area contributed by atoms with Crippen LogP contribution in [-0.2, 0) is 0 Å². The van der Waals surface area contributed by atoms with Gasteiger partial charge in [0, 0.05) is 11.1 Å². The van der Waals surface area contributed by atoms with Crippen molar-refractivity contribution in [2.24, 2.45) is 5.73 Å². The van der Waals surface area contributed by atoms with Crippen molar-refractivity contribution >= 4 is 5.91 Å². The fourth-order valence-corrected chi connectivity index (χ4v) is 1.95. The van der Waals surface area contributed by atoms with Gasteiger partial charge < -0.3 is 20.2 Å². The Labute approximate surface area is 110 Å². The summed E-state index contributed by atoms with van der Waals surface area (Å²) in [7, 11) is 3.18. The van der Waals surface area contributed by atoms with Gasteiger partial charge in [-0.2, -0.15) is 0 Å². The Morgan fingerprint density at radius 3 is 2.58 bits per heavy atom. The molecule has 100 valence electrons. The average molecular weight is 261 g/mol. The Morgan fingerprint density at radius 2 is 2.05 bits per heavy atom. The van der Waals surface area contributed by atoms with E-state index in [4.69, 9.17) is 15.2 Å². The fraction of sp³-hybridized carbons (Fsp3) is 0.231. The highest BCUT2D eigenvalue weighted by Crippen LogP contribution is 2.36. The number of aromatic amines is 1. The molecule has 0 aliphatic rings. The van der Waals surface area contributed by atoms with Crippen molar-refractivity contribution < 1.29 is 14.3 Å². The van der Waals surface area contributed by atoms with Crippen LogP contribution in [0.3, 0.4) is 0 Å². The molecule has 19 heavy (non-hydrogen) atoms. The molecule has 0 aliphatic carbocycles. The first-order chi connectivity index (χ1) is 9.08. The number of imidazole rings is 1. The van der Waals surface area contributed by atoms with Crippen LogP contribution in [0.2, 0.25) is 0 Å². The lowest BCUT2D eigenvalue weighted by Crippen LogP contribution is -2.12. The first kappa shape index (κ1) is 12.9. The molecule has 0 radical (unpaired) electrons. The van der Waals surface area contributed by atoms with Gasteiger partial charge in [0.05, 0.1) is 26.1 Å². The predicted molar refractivity (Wildman–Crippen MR) is 70.4 cm³/mol. The molecule has 0 saturated carbocycles. The second-order valence-corrected chi connectivity index (χ2v) is 3.98. The quantitative estimate of drug-likeness (QED) is 0.872. The van der Waals surface area contributed by atoms with Gasteiger partial charge in [-0.3, -0.25) is 4.79 Å². The van der Waals surface area contributed by atoms with Gasteiger partial charge in [-0.1, -0.05) is 0 Å². The highest BCUT2D eigenvalue weighted by atomic mass is 16.5. The van der Waals surface area contributed by atoms with Gasteiger partial charge in [0.25, 0.3) is 5.91 Å². The molecule has 1 heterocycles. The fourth-order valence-electron chi connectivity index (χ4n) is 1.95. The molecule has 2 rings (SSSR count). The molecule has 0 unspecified atom stereocenters. The highest BCUT2D eigenvalue weighted by molar-refractivity contribution is 5.90. The number of nitrogens with zero attached hydrogens (tertiary/aromatic N) is 1. The van der Waals surface area contributed by atoms with Gasteiger partial charge >= 0.3 is 0 Å². The molecule has 1 aromatic carbocycles. The van der Waals surface area contributed by atoms with Gasteiger partial charge in [-0.15, -0.1) is 0 Å². The summed E-state index contributed by atoms with van der Waals surface area (Å²) in [5.74, 6) is 0.912. The lowest BCUT2D eigenvalue weighted by molar-refractivity contribution is 0.0991. The number of carbonyl (C=O) groups excluding carboxylic acids is 1. The van der Waals surface area contributed by atoms with Gasteiger partial charge in [0.1, 0.15) is 11.5 Å². The third-order valence-electron chi connectivity index (χ3n) is 2.88. The molecule has 1 aromatic heterocycles. The first-order valence-electron chi connectivity index (χ1n) is 5.65. The molecule has 1 amide bonds. The van der Waals surface area contributed by atoms with Crippen LogP contribution in [0.4, 0.5) is 0 Å². The van der Waals surface area contributed by atoms with E-state index >= 15 is 0 Å². The van der Waals surface area contributed by atoms with Gasteiger partial charge in [-0.25, -0.2) is 4.98 Å². The van der Waals surface area contributed by atoms with E-state index in [-0.39, 0.29) is 5.82 Å². The number of methoxy groups -OCH3 is 2. The Kier molecular flexibility index (Phi) is 3.41. The topological polar surface area (TPSA) is 90.2 Å². The number of rotatable bonds is 4. The van der Waals surface area contributed by atoms with Crippen molar-refractivity contribution in [1.29, 1.82) is 0 Å². The number of amides is 1. The number of aromatic nitrogens is 2. The third kappa shape index (κ3) is 2.24. The van der Waals surface area contributed by atoms with E-state index in [0.717, 1.165) is 16.9 Å². The van der Waals surface area contributed by atoms with Crippen molar-refractivity contribution in [2.45, 2.75) is 6.92 Å². The zero-order valence-corrected chi connectivity index (χ0v) is 11.0. The van der Waals surface area contributed by atoms with Crippen molar-refractivity contribution in [3.05, 3.63) is 29.7 Å². The number of nitrogens with one attached hydrogen (secondary N) is 1. The molecular weight excluding hydrogens is 246 g/mol. The van der Waals surface area contributed by atoms with Crippen molar-refractivity contribution in [3.8, 4) is 22.8 Å². The van der Waals surface area contributed by atoms with Crippen LogP contribution >= 0.6 is 0 Å². The summed E-state index contributed by atoms with van der Waals surface area (Å²) >= 11 is 0. The number of ether oxygens (including phenoxy) is 2. The summed E-state index contributed by atoms with van der Waals surface area (Å²) in [4.78, 5) is 17.8. The van der Waals surface area contributed by atoms with Crippen molar-refractivity contribution in [2.75, 3.05) is 14.2 Å². The second-order valence-electron chi connectivity index (χ2n) is 3.98.